The van der Waals surface area contributed by atoms with Gasteiger partial charge in [-0.3, -0.25) is 9.36 Å². The van der Waals surface area contributed by atoms with Crippen molar-refractivity contribution in [2.75, 3.05) is 18.0 Å². The monoisotopic (exact) mass is 367 g/mol. The summed E-state index contributed by atoms with van der Waals surface area (Å²) >= 11 is 0. The van der Waals surface area contributed by atoms with Crippen molar-refractivity contribution >= 4 is 15.8 Å². The van der Waals surface area contributed by atoms with E-state index in [1.165, 1.54) is 20.2 Å². The summed E-state index contributed by atoms with van der Waals surface area (Å²) in [4.78, 5) is 25.3. The lowest BCUT2D eigenvalue weighted by atomic mass is 10.2. The van der Waals surface area contributed by atoms with Crippen molar-refractivity contribution in [3.05, 3.63) is 51.3 Å². The van der Waals surface area contributed by atoms with Crippen LogP contribution in [0, 0.1) is 0 Å². The molecule has 2 aromatic rings. The smallest absolute Gasteiger partial charge is 0.346 e. The number of benzene rings is 1. The van der Waals surface area contributed by atoms with E-state index < -0.39 is 26.3 Å². The highest BCUT2D eigenvalue weighted by atomic mass is 32.2. The van der Waals surface area contributed by atoms with Gasteiger partial charge in [-0.15, -0.1) is 0 Å². The first-order valence-electron chi connectivity index (χ1n) is 7.77. The summed E-state index contributed by atoms with van der Waals surface area (Å²) in [5.74, 6) is 0.0975. The fourth-order valence-corrected chi connectivity index (χ4v) is 3.52. The van der Waals surface area contributed by atoms with Gasteiger partial charge < -0.3 is 13.7 Å². The summed E-state index contributed by atoms with van der Waals surface area (Å²) in [6, 6.07) is 6.61. The van der Waals surface area contributed by atoms with E-state index in [4.69, 9.17) is 4.18 Å². The summed E-state index contributed by atoms with van der Waals surface area (Å²) in [5.41, 5.74) is -0.735. The summed E-state index contributed by atoms with van der Waals surface area (Å²) in [5, 5.41) is 0. The van der Waals surface area contributed by atoms with E-state index in [1.54, 1.807) is 12.1 Å². The van der Waals surface area contributed by atoms with Crippen LogP contribution in [0.15, 0.2) is 44.9 Å². The normalized spacial score (nSPS) is 11.4. The van der Waals surface area contributed by atoms with Crippen LogP contribution < -0.4 is 20.3 Å². The molecule has 0 N–H and O–H groups in total. The standard InChI is InChI=1S/C16H21N3O5S/c1-5-19(6-2)12-8-7-9-13(10-12)24-25(22,23)14-11-17(3)16(21)18(4)15(14)20/h7-11H,5-6H2,1-4H3. The molecule has 0 aliphatic carbocycles. The number of hydrogen-bond acceptors (Lipinski definition) is 6. The van der Waals surface area contributed by atoms with Crippen molar-refractivity contribution in [3.8, 4) is 5.75 Å². The van der Waals surface area contributed by atoms with E-state index in [1.807, 2.05) is 24.8 Å². The first kappa shape index (κ1) is 18.8. The highest BCUT2D eigenvalue weighted by Crippen LogP contribution is 2.23. The third-order valence-electron chi connectivity index (χ3n) is 3.84. The molecule has 0 amide bonds. The Balaban J connectivity index is 2.46. The van der Waals surface area contributed by atoms with Crippen LogP contribution in [0.5, 0.6) is 5.75 Å². The van der Waals surface area contributed by atoms with Gasteiger partial charge >= 0.3 is 15.8 Å². The van der Waals surface area contributed by atoms with Crippen molar-refractivity contribution in [2.24, 2.45) is 14.1 Å². The van der Waals surface area contributed by atoms with E-state index in [-0.39, 0.29) is 5.75 Å². The van der Waals surface area contributed by atoms with Crippen molar-refractivity contribution in [3.63, 3.8) is 0 Å². The van der Waals surface area contributed by atoms with Gasteiger partial charge in [0.05, 0.1) is 0 Å². The van der Waals surface area contributed by atoms with Crippen LogP contribution in [-0.2, 0) is 24.2 Å². The van der Waals surface area contributed by atoms with Gasteiger partial charge in [0.1, 0.15) is 5.75 Å². The maximum atomic E-state index is 12.5. The Labute approximate surface area is 146 Å². The molecular formula is C16H21N3O5S. The van der Waals surface area contributed by atoms with Crippen LogP contribution in [0.2, 0.25) is 0 Å². The zero-order chi connectivity index (χ0) is 18.8. The molecule has 0 fully saturated rings. The van der Waals surface area contributed by atoms with Crippen molar-refractivity contribution in [1.29, 1.82) is 0 Å². The molecule has 9 heteroatoms. The number of nitrogens with zero attached hydrogens (tertiary/aromatic N) is 3. The van der Waals surface area contributed by atoms with Gasteiger partial charge in [0, 0.05) is 45.1 Å². The van der Waals surface area contributed by atoms with Gasteiger partial charge in [-0.2, -0.15) is 8.42 Å². The molecule has 0 aliphatic heterocycles. The Hall–Kier alpha value is -2.55. The van der Waals surface area contributed by atoms with Crippen LogP contribution in [-0.4, -0.2) is 30.6 Å². The molecule has 1 aromatic heterocycles. The van der Waals surface area contributed by atoms with Crippen LogP contribution in [0.25, 0.3) is 0 Å². The third kappa shape index (κ3) is 3.76. The van der Waals surface area contributed by atoms with Crippen molar-refractivity contribution in [1.82, 2.24) is 9.13 Å². The quantitative estimate of drug-likeness (QED) is 0.698. The second-order valence-corrected chi connectivity index (χ2v) is 6.97. The minimum atomic E-state index is -4.37. The van der Waals surface area contributed by atoms with Crippen LogP contribution >= 0.6 is 0 Å². The predicted octanol–water partition coefficient (Wildman–Crippen LogP) is 0.698. The maximum Gasteiger partial charge on any atom is 0.346 e. The molecule has 0 unspecified atom stereocenters. The number of aryl methyl sites for hydroxylation is 1. The Morgan fingerprint density at radius 1 is 1.12 bits per heavy atom. The first-order chi connectivity index (χ1) is 11.7. The van der Waals surface area contributed by atoms with Crippen molar-refractivity contribution in [2.45, 2.75) is 18.7 Å². The van der Waals surface area contributed by atoms with Gasteiger partial charge in [-0.05, 0) is 26.0 Å². The SMILES string of the molecule is CCN(CC)c1cccc(OS(=O)(=O)c2cn(C)c(=O)n(C)c2=O)c1. The molecule has 0 aliphatic rings. The lowest BCUT2D eigenvalue weighted by molar-refractivity contribution is 0.480. The molecule has 1 heterocycles. The van der Waals surface area contributed by atoms with Gasteiger partial charge in [0.2, 0.25) is 0 Å². The first-order valence-corrected chi connectivity index (χ1v) is 9.18. The van der Waals surface area contributed by atoms with Crippen LogP contribution in [0.4, 0.5) is 5.69 Å². The van der Waals surface area contributed by atoms with Crippen LogP contribution in [0.3, 0.4) is 0 Å². The fourth-order valence-electron chi connectivity index (χ4n) is 2.44. The van der Waals surface area contributed by atoms with Gasteiger partial charge in [0.25, 0.3) is 5.56 Å². The summed E-state index contributed by atoms with van der Waals surface area (Å²) in [7, 11) is -1.80. The van der Waals surface area contributed by atoms with E-state index in [2.05, 4.69) is 0 Å². The van der Waals surface area contributed by atoms with Gasteiger partial charge in [-0.25, -0.2) is 4.79 Å². The topological polar surface area (TPSA) is 90.6 Å². The highest BCUT2D eigenvalue weighted by molar-refractivity contribution is 7.87. The Bertz CT molecular complexity index is 988. The average Bonchev–Trinajstić information content (AvgIpc) is 2.57. The molecule has 0 radical (unpaired) electrons. The minimum absolute atomic E-state index is 0.0975. The summed E-state index contributed by atoms with van der Waals surface area (Å²) in [6.45, 7) is 5.49. The lowest BCUT2D eigenvalue weighted by Gasteiger charge is -2.21. The zero-order valence-corrected chi connectivity index (χ0v) is 15.4. The Morgan fingerprint density at radius 3 is 2.36 bits per heavy atom. The largest absolute Gasteiger partial charge is 0.379 e. The molecule has 2 rings (SSSR count). The number of hydrogen-bond donors (Lipinski definition) is 0. The summed E-state index contributed by atoms with van der Waals surface area (Å²) in [6.07, 6.45) is 0.967. The zero-order valence-electron chi connectivity index (χ0n) is 14.6. The molecule has 1 aromatic carbocycles. The van der Waals surface area contributed by atoms with E-state index in [0.29, 0.717) is 0 Å². The van der Waals surface area contributed by atoms with E-state index in [0.717, 1.165) is 34.1 Å². The molecular weight excluding hydrogens is 346 g/mol. The molecule has 0 spiro atoms. The Morgan fingerprint density at radius 2 is 1.76 bits per heavy atom. The average molecular weight is 367 g/mol. The van der Waals surface area contributed by atoms with Gasteiger partial charge in [-0.1, -0.05) is 6.07 Å². The highest BCUT2D eigenvalue weighted by Gasteiger charge is 2.24. The lowest BCUT2D eigenvalue weighted by Crippen LogP contribution is -2.39. The molecule has 0 saturated carbocycles. The summed E-state index contributed by atoms with van der Waals surface area (Å²) < 4.78 is 31.8. The van der Waals surface area contributed by atoms with E-state index >= 15 is 0 Å². The van der Waals surface area contributed by atoms with Crippen molar-refractivity contribution < 1.29 is 12.6 Å². The molecule has 0 bridgehead atoms. The molecule has 136 valence electrons. The number of rotatable bonds is 6. The second kappa shape index (κ2) is 7.14. The molecule has 0 saturated heterocycles. The van der Waals surface area contributed by atoms with E-state index in [9.17, 15) is 18.0 Å². The molecule has 25 heavy (non-hydrogen) atoms. The molecule has 0 atom stereocenters. The van der Waals surface area contributed by atoms with Gasteiger partial charge in [0.15, 0.2) is 4.90 Å². The fraction of sp³-hybridized carbons (Fsp3) is 0.375. The number of aromatic nitrogens is 2. The minimum Gasteiger partial charge on any atom is -0.379 e. The second-order valence-electron chi connectivity index (χ2n) is 5.46. The molecule has 8 nitrogen and oxygen atoms in total. The third-order valence-corrected chi connectivity index (χ3v) is 5.07. The maximum absolute atomic E-state index is 12.5. The number of anilines is 1. The Kier molecular flexibility index (Phi) is 5.36. The predicted molar refractivity (Wildman–Crippen MR) is 94.7 cm³/mol. The van der Waals surface area contributed by atoms with Crippen LogP contribution in [0.1, 0.15) is 13.8 Å².